The Morgan fingerprint density at radius 2 is 1.62 bits per heavy atom. The summed E-state index contributed by atoms with van der Waals surface area (Å²) in [4.78, 5) is 0. The van der Waals surface area contributed by atoms with E-state index in [0.717, 1.165) is 19.3 Å². The summed E-state index contributed by atoms with van der Waals surface area (Å²) in [5.74, 6) is 0.378. The molecule has 0 aromatic heterocycles. The monoisotopic (exact) mass is 281 g/mol. The number of benzene rings is 2. The minimum absolute atomic E-state index is 0.0684. The van der Waals surface area contributed by atoms with Crippen LogP contribution in [-0.2, 0) is 12.8 Å². The first-order valence-corrected chi connectivity index (χ1v) is 8.13. The van der Waals surface area contributed by atoms with Crippen molar-refractivity contribution in [3.8, 4) is 0 Å². The fourth-order valence-corrected chi connectivity index (χ4v) is 3.11. The van der Waals surface area contributed by atoms with Crippen LogP contribution in [0.5, 0.6) is 0 Å². The van der Waals surface area contributed by atoms with E-state index in [4.69, 9.17) is 5.73 Å². The molecular formula is C20H27N. The van der Waals surface area contributed by atoms with Crippen molar-refractivity contribution < 1.29 is 0 Å². The zero-order valence-electron chi connectivity index (χ0n) is 13.5. The van der Waals surface area contributed by atoms with Gasteiger partial charge in [-0.2, -0.15) is 0 Å². The van der Waals surface area contributed by atoms with Crippen molar-refractivity contribution >= 4 is 0 Å². The number of rotatable bonds is 6. The van der Waals surface area contributed by atoms with Gasteiger partial charge in [0, 0.05) is 12.0 Å². The van der Waals surface area contributed by atoms with E-state index >= 15 is 0 Å². The summed E-state index contributed by atoms with van der Waals surface area (Å²) in [5, 5.41) is 0. The van der Waals surface area contributed by atoms with Gasteiger partial charge in [0.05, 0.1) is 0 Å². The van der Waals surface area contributed by atoms with Crippen molar-refractivity contribution in [1.82, 2.24) is 0 Å². The van der Waals surface area contributed by atoms with Gasteiger partial charge in [0.1, 0.15) is 0 Å². The van der Waals surface area contributed by atoms with Crippen molar-refractivity contribution in [2.45, 2.75) is 52.0 Å². The fourth-order valence-electron chi connectivity index (χ4n) is 3.11. The second-order valence-corrected chi connectivity index (χ2v) is 5.69. The van der Waals surface area contributed by atoms with E-state index in [2.05, 4.69) is 69.3 Å². The first-order valence-electron chi connectivity index (χ1n) is 8.13. The summed E-state index contributed by atoms with van der Waals surface area (Å²) >= 11 is 0. The van der Waals surface area contributed by atoms with Crippen LogP contribution in [0.1, 0.15) is 61.4 Å². The van der Waals surface area contributed by atoms with Crippen molar-refractivity contribution in [1.29, 1.82) is 0 Å². The molecule has 2 unspecified atom stereocenters. The van der Waals surface area contributed by atoms with E-state index in [9.17, 15) is 0 Å². The third kappa shape index (κ3) is 3.54. The van der Waals surface area contributed by atoms with Crippen LogP contribution in [0.2, 0.25) is 0 Å². The maximum absolute atomic E-state index is 6.68. The van der Waals surface area contributed by atoms with Gasteiger partial charge in [0.15, 0.2) is 0 Å². The Labute approximate surface area is 129 Å². The summed E-state index contributed by atoms with van der Waals surface area (Å²) in [5.41, 5.74) is 12.1. The number of hydrogen-bond donors (Lipinski definition) is 1. The van der Waals surface area contributed by atoms with Crippen LogP contribution in [0, 0.1) is 0 Å². The second kappa shape index (κ2) is 7.42. The van der Waals surface area contributed by atoms with Crippen LogP contribution < -0.4 is 5.73 Å². The quantitative estimate of drug-likeness (QED) is 0.791. The molecule has 0 saturated carbocycles. The van der Waals surface area contributed by atoms with Gasteiger partial charge in [-0.25, -0.2) is 0 Å². The maximum Gasteiger partial charge on any atom is 0.0367 e. The second-order valence-electron chi connectivity index (χ2n) is 5.69. The minimum Gasteiger partial charge on any atom is -0.323 e. The molecule has 0 spiro atoms. The summed E-state index contributed by atoms with van der Waals surface area (Å²) < 4.78 is 0. The molecule has 0 aliphatic rings. The molecule has 2 N–H and O–H groups in total. The molecule has 2 aromatic rings. The molecule has 1 nitrogen and oxygen atoms in total. The number of hydrogen-bond acceptors (Lipinski definition) is 1. The molecule has 0 fully saturated rings. The van der Waals surface area contributed by atoms with Gasteiger partial charge in [-0.05, 0) is 41.5 Å². The van der Waals surface area contributed by atoms with E-state index in [1.807, 2.05) is 0 Å². The molecule has 21 heavy (non-hydrogen) atoms. The third-order valence-corrected chi connectivity index (χ3v) is 4.46. The Hall–Kier alpha value is -1.60. The Morgan fingerprint density at radius 1 is 0.905 bits per heavy atom. The molecule has 1 heteroatoms. The molecule has 2 aromatic carbocycles. The van der Waals surface area contributed by atoms with Gasteiger partial charge < -0.3 is 5.73 Å². The summed E-state index contributed by atoms with van der Waals surface area (Å²) in [7, 11) is 0. The Bertz CT molecular complexity index is 559. The zero-order valence-corrected chi connectivity index (χ0v) is 13.5. The predicted octanol–water partition coefficient (Wildman–Crippen LogP) is 5.01. The fraction of sp³-hybridized carbons (Fsp3) is 0.400. The van der Waals surface area contributed by atoms with Crippen LogP contribution in [0.3, 0.4) is 0 Å². The lowest BCUT2D eigenvalue weighted by atomic mass is 9.83. The molecule has 0 amide bonds. The van der Waals surface area contributed by atoms with E-state index in [-0.39, 0.29) is 6.04 Å². The molecule has 0 heterocycles. The highest BCUT2D eigenvalue weighted by Gasteiger charge is 2.21. The highest BCUT2D eigenvalue weighted by molar-refractivity contribution is 5.37. The van der Waals surface area contributed by atoms with E-state index in [1.165, 1.54) is 22.3 Å². The molecule has 0 aliphatic carbocycles. The molecule has 2 atom stereocenters. The van der Waals surface area contributed by atoms with Crippen molar-refractivity contribution in [3.05, 3.63) is 70.8 Å². The molecular weight excluding hydrogens is 254 g/mol. The highest BCUT2D eigenvalue weighted by atomic mass is 14.7. The first-order chi connectivity index (χ1) is 10.2. The van der Waals surface area contributed by atoms with Gasteiger partial charge in [-0.1, -0.05) is 69.3 Å². The lowest BCUT2D eigenvalue weighted by Crippen LogP contribution is -2.21. The lowest BCUT2D eigenvalue weighted by molar-refractivity contribution is 0.535. The van der Waals surface area contributed by atoms with Crippen molar-refractivity contribution in [3.63, 3.8) is 0 Å². The van der Waals surface area contributed by atoms with E-state index in [0.29, 0.717) is 5.92 Å². The van der Waals surface area contributed by atoms with Crippen molar-refractivity contribution in [2.24, 2.45) is 5.73 Å². The molecule has 112 valence electrons. The SMILES string of the molecule is CCc1ccc(CC)c(C(N)C(CC)c2ccccc2)c1. The average Bonchev–Trinajstić information content (AvgIpc) is 2.55. The minimum atomic E-state index is 0.0684. The van der Waals surface area contributed by atoms with Gasteiger partial charge in [0.25, 0.3) is 0 Å². The Balaban J connectivity index is 2.39. The molecule has 0 aliphatic heterocycles. The Morgan fingerprint density at radius 3 is 2.19 bits per heavy atom. The average molecular weight is 281 g/mol. The predicted molar refractivity (Wildman–Crippen MR) is 91.6 cm³/mol. The van der Waals surface area contributed by atoms with Gasteiger partial charge in [-0.3, -0.25) is 0 Å². The van der Waals surface area contributed by atoms with Crippen LogP contribution in [0.4, 0.5) is 0 Å². The van der Waals surface area contributed by atoms with Crippen LogP contribution in [0.25, 0.3) is 0 Å². The highest BCUT2D eigenvalue weighted by Crippen LogP contribution is 2.34. The van der Waals surface area contributed by atoms with Gasteiger partial charge >= 0.3 is 0 Å². The van der Waals surface area contributed by atoms with Gasteiger partial charge in [0.2, 0.25) is 0 Å². The third-order valence-electron chi connectivity index (χ3n) is 4.46. The van der Waals surface area contributed by atoms with E-state index in [1.54, 1.807) is 0 Å². The first kappa shape index (κ1) is 15.8. The summed E-state index contributed by atoms with van der Waals surface area (Å²) in [6.07, 6.45) is 3.16. The zero-order chi connectivity index (χ0) is 15.2. The molecule has 0 bridgehead atoms. The largest absolute Gasteiger partial charge is 0.323 e. The van der Waals surface area contributed by atoms with Gasteiger partial charge in [-0.15, -0.1) is 0 Å². The van der Waals surface area contributed by atoms with Crippen LogP contribution in [-0.4, -0.2) is 0 Å². The summed E-state index contributed by atoms with van der Waals surface area (Å²) in [6, 6.07) is 17.5. The van der Waals surface area contributed by atoms with Crippen molar-refractivity contribution in [2.75, 3.05) is 0 Å². The molecule has 0 radical (unpaired) electrons. The standard InChI is InChI=1S/C20H27N/c1-4-15-12-13-16(5-2)19(14-15)20(21)18(6-3)17-10-8-7-9-11-17/h7-14,18,20H,4-6,21H2,1-3H3. The Kier molecular flexibility index (Phi) is 5.58. The van der Waals surface area contributed by atoms with Crippen LogP contribution >= 0.6 is 0 Å². The molecule has 0 saturated heterocycles. The normalized spacial score (nSPS) is 13.9. The number of aryl methyl sites for hydroxylation is 2. The maximum atomic E-state index is 6.68. The number of nitrogens with two attached hydrogens (primary N) is 1. The summed E-state index contributed by atoms with van der Waals surface area (Å²) in [6.45, 7) is 6.64. The van der Waals surface area contributed by atoms with Crippen LogP contribution in [0.15, 0.2) is 48.5 Å². The molecule has 2 rings (SSSR count). The smallest absolute Gasteiger partial charge is 0.0367 e. The topological polar surface area (TPSA) is 26.0 Å². The van der Waals surface area contributed by atoms with E-state index < -0.39 is 0 Å². The lowest BCUT2D eigenvalue weighted by Gasteiger charge is -2.26.